The molecule has 0 N–H and O–H groups in total. The van der Waals surface area contributed by atoms with Crippen LogP contribution in [0.15, 0.2) is 237 Å². The second-order valence-electron chi connectivity index (χ2n) is 15.7. The number of para-hydroxylation sites is 2. The van der Waals surface area contributed by atoms with Crippen molar-refractivity contribution in [2.45, 2.75) is 12.3 Å². The predicted octanol–water partition coefficient (Wildman–Crippen LogP) is 15.5. The molecule has 1 aliphatic carbocycles. The lowest BCUT2D eigenvalue weighted by atomic mass is 9.77. The van der Waals surface area contributed by atoms with Gasteiger partial charge in [0.1, 0.15) is 0 Å². The molecule has 11 rings (SSSR count). The molecule has 1 heterocycles. The lowest BCUT2D eigenvalue weighted by molar-refractivity contribution is 0.795. The third kappa shape index (κ3) is 6.40. The normalized spacial score (nSPS) is 13.1. The molecule has 1 unspecified atom stereocenters. The Morgan fingerprint density at radius 3 is 1.60 bits per heavy atom. The van der Waals surface area contributed by atoms with Crippen LogP contribution in [0.3, 0.4) is 0 Å². The van der Waals surface area contributed by atoms with E-state index in [-0.39, 0.29) is 5.92 Å². The van der Waals surface area contributed by atoms with E-state index in [0.717, 1.165) is 23.5 Å². The van der Waals surface area contributed by atoms with Gasteiger partial charge in [-0.05, 0) is 117 Å². The Hall–Kier alpha value is -7.68. The minimum atomic E-state index is 0.141. The molecule has 1 aromatic heterocycles. The van der Waals surface area contributed by atoms with E-state index in [9.17, 15) is 0 Å². The van der Waals surface area contributed by atoms with Crippen molar-refractivity contribution in [1.29, 1.82) is 0 Å². The Morgan fingerprint density at radius 1 is 0.383 bits per heavy atom. The molecular weight excluding hydrogens is 725 g/mol. The number of benzene rings is 9. The van der Waals surface area contributed by atoms with Crippen molar-refractivity contribution in [2.24, 2.45) is 0 Å². The van der Waals surface area contributed by atoms with Gasteiger partial charge >= 0.3 is 0 Å². The van der Waals surface area contributed by atoms with Crippen molar-refractivity contribution < 1.29 is 0 Å². The van der Waals surface area contributed by atoms with Gasteiger partial charge in [0, 0.05) is 39.6 Å². The van der Waals surface area contributed by atoms with Crippen LogP contribution in [0.4, 0.5) is 17.1 Å². The highest BCUT2D eigenvalue weighted by atomic mass is 15.1. The van der Waals surface area contributed by atoms with Crippen molar-refractivity contribution in [3.05, 3.63) is 253 Å². The summed E-state index contributed by atoms with van der Waals surface area (Å²) in [5, 5.41) is 1.30. The summed E-state index contributed by atoms with van der Waals surface area (Å²) >= 11 is 0. The first kappa shape index (κ1) is 35.5. The van der Waals surface area contributed by atoms with Crippen LogP contribution in [0.1, 0.15) is 22.6 Å². The first-order chi connectivity index (χ1) is 29.8. The Labute approximate surface area is 351 Å². The molecule has 0 saturated heterocycles. The van der Waals surface area contributed by atoms with Gasteiger partial charge in [-0.25, -0.2) is 0 Å². The van der Waals surface area contributed by atoms with Crippen molar-refractivity contribution in [2.75, 3.05) is 4.90 Å². The molecule has 1 atom stereocenters. The van der Waals surface area contributed by atoms with E-state index in [1.54, 1.807) is 0 Å². The van der Waals surface area contributed by atoms with Crippen molar-refractivity contribution in [3.63, 3.8) is 0 Å². The molecule has 2 heteroatoms. The number of nitrogens with zero attached hydrogens (tertiary/aromatic N) is 2. The molecule has 284 valence electrons. The number of rotatable bonds is 8. The minimum absolute atomic E-state index is 0.141. The minimum Gasteiger partial charge on any atom is -0.310 e. The maximum Gasteiger partial charge on any atom is 0.0582 e. The van der Waals surface area contributed by atoms with Crippen LogP contribution < -0.4 is 4.90 Å². The average molecular weight is 767 g/mol. The van der Waals surface area contributed by atoms with E-state index in [2.05, 4.69) is 246 Å². The molecule has 10 aromatic rings. The number of hydrogen-bond donors (Lipinski definition) is 0. The first-order valence-electron chi connectivity index (χ1n) is 20.9. The highest BCUT2D eigenvalue weighted by Crippen LogP contribution is 2.50. The molecule has 0 amide bonds. The highest BCUT2D eigenvalue weighted by Gasteiger charge is 2.33. The molecule has 60 heavy (non-hydrogen) atoms. The molecule has 0 fully saturated rings. The summed E-state index contributed by atoms with van der Waals surface area (Å²) in [6.07, 6.45) is 0.919. The van der Waals surface area contributed by atoms with E-state index in [0.29, 0.717) is 0 Å². The monoisotopic (exact) mass is 766 g/mol. The largest absolute Gasteiger partial charge is 0.310 e. The fourth-order valence-corrected chi connectivity index (χ4v) is 9.36. The fraction of sp³-hybridized carbons (Fsp3) is 0.0345. The Kier molecular flexibility index (Phi) is 9.02. The molecule has 0 radical (unpaired) electrons. The number of fused-ring (bicyclic) bond motifs is 5. The smallest absolute Gasteiger partial charge is 0.0582 e. The predicted molar refractivity (Wildman–Crippen MR) is 252 cm³/mol. The number of aromatic nitrogens is 1. The molecule has 0 bridgehead atoms. The van der Waals surface area contributed by atoms with Crippen molar-refractivity contribution in [3.8, 4) is 50.3 Å². The quantitative estimate of drug-likeness (QED) is 0.150. The van der Waals surface area contributed by atoms with Crippen LogP contribution in [-0.2, 0) is 6.42 Å². The number of anilines is 3. The van der Waals surface area contributed by atoms with Gasteiger partial charge in [0.15, 0.2) is 0 Å². The van der Waals surface area contributed by atoms with Crippen molar-refractivity contribution in [1.82, 2.24) is 4.57 Å². The summed E-state index contributed by atoms with van der Waals surface area (Å²) in [4.78, 5) is 2.45. The van der Waals surface area contributed by atoms with E-state index >= 15 is 0 Å². The van der Waals surface area contributed by atoms with Crippen LogP contribution in [0.2, 0.25) is 0 Å². The zero-order valence-corrected chi connectivity index (χ0v) is 33.2. The van der Waals surface area contributed by atoms with Gasteiger partial charge in [-0.1, -0.05) is 176 Å². The summed E-state index contributed by atoms with van der Waals surface area (Å²) < 4.78 is 2.49. The first-order valence-corrected chi connectivity index (χ1v) is 20.9. The number of hydrogen-bond acceptors (Lipinski definition) is 1. The molecule has 9 aromatic carbocycles. The third-order valence-corrected chi connectivity index (χ3v) is 12.1. The second kappa shape index (κ2) is 15.2. The average Bonchev–Trinajstić information content (AvgIpc) is 3.68. The summed E-state index contributed by atoms with van der Waals surface area (Å²) in [5.74, 6) is 0.141. The zero-order chi connectivity index (χ0) is 39.8. The highest BCUT2D eigenvalue weighted by molar-refractivity contribution is 5.97. The maximum atomic E-state index is 2.49. The maximum absolute atomic E-state index is 2.49. The third-order valence-electron chi connectivity index (χ3n) is 12.1. The summed E-state index contributed by atoms with van der Waals surface area (Å²) in [5.41, 5.74) is 19.5. The van der Waals surface area contributed by atoms with E-state index in [1.807, 2.05) is 0 Å². The topological polar surface area (TPSA) is 8.17 Å². The lowest BCUT2D eigenvalue weighted by Gasteiger charge is -2.30. The van der Waals surface area contributed by atoms with Gasteiger partial charge in [-0.2, -0.15) is 0 Å². The van der Waals surface area contributed by atoms with Crippen molar-refractivity contribution >= 4 is 28.0 Å². The standard InChI is InChI=1S/C58H42N2/c1-5-18-41(19-6-1)44-32-34-50(35-33-44)59(52-38-47(42-20-7-2-8-21-42)36-48(39-52)43-22-9-3-10-23-43)51-28-17-25-45(37-51)55-40-46-24-13-14-29-53(46)58-57(55)54-30-15-16-31-56(54)60(58)49-26-11-4-12-27-49/h1-39,55H,40H2. The lowest BCUT2D eigenvalue weighted by Crippen LogP contribution is -2.15. The Balaban J connectivity index is 1.12. The SMILES string of the molecule is c1ccc(-c2ccc(N(c3cc(-c4ccccc4)cc(-c4ccccc4)c3)c3cccc(C4Cc5ccccc5-c5c4c4ccccc4n5-c4ccccc4)c3)cc2)cc1. The van der Waals surface area contributed by atoms with Gasteiger partial charge in [0.05, 0.1) is 11.2 Å². The molecular formula is C58H42N2. The second-order valence-corrected chi connectivity index (χ2v) is 15.7. The Bertz CT molecular complexity index is 3040. The van der Waals surface area contributed by atoms with Crippen LogP contribution in [0.5, 0.6) is 0 Å². The van der Waals surface area contributed by atoms with E-state index in [4.69, 9.17) is 0 Å². The van der Waals surface area contributed by atoms with E-state index < -0.39 is 0 Å². The van der Waals surface area contributed by atoms with Crippen LogP contribution >= 0.6 is 0 Å². The molecule has 0 aliphatic heterocycles. The fourth-order valence-electron chi connectivity index (χ4n) is 9.36. The van der Waals surface area contributed by atoms with Crippen LogP contribution in [0.25, 0.3) is 61.2 Å². The van der Waals surface area contributed by atoms with Gasteiger partial charge in [0.2, 0.25) is 0 Å². The van der Waals surface area contributed by atoms with E-state index in [1.165, 1.54) is 77.9 Å². The van der Waals surface area contributed by atoms with Gasteiger partial charge in [-0.15, -0.1) is 0 Å². The summed E-state index contributed by atoms with van der Waals surface area (Å²) in [6, 6.07) is 86.3. The molecule has 0 spiro atoms. The summed E-state index contributed by atoms with van der Waals surface area (Å²) in [6.45, 7) is 0. The van der Waals surface area contributed by atoms with Gasteiger partial charge < -0.3 is 9.47 Å². The van der Waals surface area contributed by atoms with Gasteiger partial charge in [0.25, 0.3) is 0 Å². The zero-order valence-electron chi connectivity index (χ0n) is 33.2. The van der Waals surface area contributed by atoms with Gasteiger partial charge in [-0.3, -0.25) is 0 Å². The van der Waals surface area contributed by atoms with Crippen LogP contribution in [-0.4, -0.2) is 4.57 Å². The summed E-state index contributed by atoms with van der Waals surface area (Å²) in [7, 11) is 0. The molecule has 2 nitrogen and oxygen atoms in total. The molecule has 1 aliphatic rings. The molecule has 0 saturated carbocycles. The van der Waals surface area contributed by atoms with Crippen LogP contribution in [0, 0.1) is 0 Å². The Morgan fingerprint density at radius 2 is 0.933 bits per heavy atom.